The highest BCUT2D eigenvalue weighted by molar-refractivity contribution is 9.08. The fourth-order valence-corrected chi connectivity index (χ4v) is 3.21. The van der Waals surface area contributed by atoms with E-state index in [2.05, 4.69) is 65.9 Å². The molecule has 0 amide bonds. The van der Waals surface area contributed by atoms with Gasteiger partial charge in [0.1, 0.15) is 0 Å². The van der Waals surface area contributed by atoms with Gasteiger partial charge in [0, 0.05) is 23.6 Å². The molecule has 3 unspecified atom stereocenters. The smallest absolute Gasteiger partial charge is 0.0368 e. The zero-order chi connectivity index (χ0) is 12.4. The van der Waals surface area contributed by atoms with Crippen LogP contribution in [0.25, 0.3) is 0 Å². The van der Waals surface area contributed by atoms with Crippen molar-refractivity contribution in [3.05, 3.63) is 29.8 Å². The summed E-state index contributed by atoms with van der Waals surface area (Å²) in [4.78, 5) is 2.57. The lowest BCUT2D eigenvalue weighted by molar-refractivity contribution is 0.297. The van der Waals surface area contributed by atoms with Crippen molar-refractivity contribution in [2.24, 2.45) is 11.8 Å². The van der Waals surface area contributed by atoms with Gasteiger partial charge in [0.05, 0.1) is 0 Å². The Kier molecular flexibility index (Phi) is 4.13. The SMILES string of the molecule is CC1CC(C)C(C)N(c2ccc(CBr)cc2)C1. The molecule has 0 N–H and O–H groups in total. The first-order valence-corrected chi connectivity index (χ1v) is 7.65. The molecule has 0 bridgehead atoms. The third kappa shape index (κ3) is 2.85. The van der Waals surface area contributed by atoms with Crippen molar-refractivity contribution in [1.82, 2.24) is 0 Å². The summed E-state index contributed by atoms with van der Waals surface area (Å²) in [7, 11) is 0. The topological polar surface area (TPSA) is 3.24 Å². The second kappa shape index (κ2) is 5.43. The molecule has 0 aromatic heterocycles. The highest BCUT2D eigenvalue weighted by Crippen LogP contribution is 2.31. The first kappa shape index (κ1) is 12.9. The number of hydrogen-bond donors (Lipinski definition) is 0. The Morgan fingerprint density at radius 3 is 2.41 bits per heavy atom. The van der Waals surface area contributed by atoms with E-state index in [9.17, 15) is 0 Å². The van der Waals surface area contributed by atoms with Crippen LogP contribution in [0.2, 0.25) is 0 Å². The lowest BCUT2D eigenvalue weighted by Gasteiger charge is -2.42. The molecule has 1 aliphatic heterocycles. The fourth-order valence-electron chi connectivity index (χ4n) is 2.83. The maximum atomic E-state index is 3.50. The zero-order valence-corrected chi connectivity index (χ0v) is 12.6. The van der Waals surface area contributed by atoms with Crippen LogP contribution in [-0.4, -0.2) is 12.6 Å². The molecule has 1 saturated heterocycles. The molecule has 0 aliphatic carbocycles. The molecule has 94 valence electrons. The normalized spacial score (nSPS) is 29.4. The Labute approximate surface area is 113 Å². The van der Waals surface area contributed by atoms with Crippen LogP contribution < -0.4 is 4.90 Å². The van der Waals surface area contributed by atoms with Crippen molar-refractivity contribution in [2.45, 2.75) is 38.6 Å². The maximum Gasteiger partial charge on any atom is 0.0368 e. The highest BCUT2D eigenvalue weighted by atomic mass is 79.9. The maximum absolute atomic E-state index is 3.50. The van der Waals surface area contributed by atoms with E-state index < -0.39 is 0 Å². The summed E-state index contributed by atoms with van der Waals surface area (Å²) < 4.78 is 0. The van der Waals surface area contributed by atoms with Crippen molar-refractivity contribution >= 4 is 21.6 Å². The minimum absolute atomic E-state index is 0.654. The lowest BCUT2D eigenvalue weighted by Crippen LogP contribution is -2.45. The molecule has 2 rings (SSSR count). The number of piperidine rings is 1. The molecule has 0 saturated carbocycles. The van der Waals surface area contributed by atoms with Crippen LogP contribution in [0.15, 0.2) is 24.3 Å². The van der Waals surface area contributed by atoms with Crippen LogP contribution in [0.4, 0.5) is 5.69 Å². The Hall–Kier alpha value is -0.500. The van der Waals surface area contributed by atoms with Crippen LogP contribution in [0.5, 0.6) is 0 Å². The first-order valence-electron chi connectivity index (χ1n) is 6.53. The largest absolute Gasteiger partial charge is 0.368 e. The molecule has 3 atom stereocenters. The van der Waals surface area contributed by atoms with Gasteiger partial charge in [0.25, 0.3) is 0 Å². The molecule has 1 nitrogen and oxygen atoms in total. The van der Waals surface area contributed by atoms with E-state index in [1.165, 1.54) is 24.2 Å². The fraction of sp³-hybridized carbons (Fsp3) is 0.600. The second-order valence-electron chi connectivity index (χ2n) is 5.51. The van der Waals surface area contributed by atoms with Gasteiger partial charge in [-0.1, -0.05) is 41.9 Å². The average molecular weight is 296 g/mol. The van der Waals surface area contributed by atoms with E-state index in [4.69, 9.17) is 0 Å². The summed E-state index contributed by atoms with van der Waals surface area (Å²) >= 11 is 3.50. The Balaban J connectivity index is 2.19. The summed E-state index contributed by atoms with van der Waals surface area (Å²) in [5, 5.41) is 0.940. The third-order valence-corrected chi connectivity index (χ3v) is 4.67. The number of hydrogen-bond acceptors (Lipinski definition) is 1. The van der Waals surface area contributed by atoms with Gasteiger partial charge in [-0.15, -0.1) is 0 Å². The number of nitrogens with zero attached hydrogens (tertiary/aromatic N) is 1. The molecule has 0 spiro atoms. The summed E-state index contributed by atoms with van der Waals surface area (Å²) in [6.45, 7) is 8.29. The number of alkyl halides is 1. The minimum atomic E-state index is 0.654. The lowest BCUT2D eigenvalue weighted by atomic mass is 9.85. The van der Waals surface area contributed by atoms with Gasteiger partial charge in [0.15, 0.2) is 0 Å². The van der Waals surface area contributed by atoms with Crippen LogP contribution in [0, 0.1) is 11.8 Å². The van der Waals surface area contributed by atoms with E-state index >= 15 is 0 Å². The summed E-state index contributed by atoms with van der Waals surface area (Å²) in [5.74, 6) is 1.59. The van der Waals surface area contributed by atoms with Gasteiger partial charge in [-0.05, 0) is 42.9 Å². The van der Waals surface area contributed by atoms with Crippen LogP contribution in [-0.2, 0) is 5.33 Å². The second-order valence-corrected chi connectivity index (χ2v) is 6.07. The standard InChI is InChI=1S/C15H22BrN/c1-11-8-12(2)13(3)17(10-11)15-6-4-14(9-16)5-7-15/h4-7,11-13H,8-10H2,1-3H3. The van der Waals surface area contributed by atoms with E-state index in [0.717, 1.165) is 17.2 Å². The van der Waals surface area contributed by atoms with Gasteiger partial charge in [-0.25, -0.2) is 0 Å². The van der Waals surface area contributed by atoms with E-state index in [-0.39, 0.29) is 0 Å². The average Bonchev–Trinajstić information content (AvgIpc) is 2.34. The molecule has 1 heterocycles. The van der Waals surface area contributed by atoms with Crippen molar-refractivity contribution in [2.75, 3.05) is 11.4 Å². The number of anilines is 1. The van der Waals surface area contributed by atoms with Crippen LogP contribution >= 0.6 is 15.9 Å². The monoisotopic (exact) mass is 295 g/mol. The Morgan fingerprint density at radius 1 is 1.18 bits per heavy atom. The third-order valence-electron chi connectivity index (χ3n) is 4.02. The van der Waals surface area contributed by atoms with E-state index in [0.29, 0.717) is 6.04 Å². The predicted molar refractivity (Wildman–Crippen MR) is 78.8 cm³/mol. The van der Waals surface area contributed by atoms with Crippen LogP contribution in [0.1, 0.15) is 32.8 Å². The van der Waals surface area contributed by atoms with Gasteiger partial charge < -0.3 is 4.90 Å². The molecular formula is C15H22BrN. The highest BCUT2D eigenvalue weighted by Gasteiger charge is 2.28. The van der Waals surface area contributed by atoms with Crippen molar-refractivity contribution in [1.29, 1.82) is 0 Å². The molecule has 17 heavy (non-hydrogen) atoms. The quantitative estimate of drug-likeness (QED) is 0.729. The van der Waals surface area contributed by atoms with E-state index in [1.807, 2.05) is 0 Å². The molecular weight excluding hydrogens is 274 g/mol. The molecule has 0 radical (unpaired) electrons. The summed E-state index contributed by atoms with van der Waals surface area (Å²) in [6.07, 6.45) is 1.36. The van der Waals surface area contributed by atoms with Gasteiger partial charge in [0.2, 0.25) is 0 Å². The van der Waals surface area contributed by atoms with E-state index in [1.54, 1.807) is 0 Å². The first-order chi connectivity index (χ1) is 8.11. The van der Waals surface area contributed by atoms with Gasteiger partial charge >= 0.3 is 0 Å². The molecule has 1 aliphatic rings. The Morgan fingerprint density at radius 2 is 1.82 bits per heavy atom. The number of rotatable bonds is 2. The minimum Gasteiger partial charge on any atom is -0.368 e. The van der Waals surface area contributed by atoms with Crippen LogP contribution in [0.3, 0.4) is 0 Å². The number of halogens is 1. The molecule has 1 aromatic rings. The Bertz CT molecular complexity index is 360. The summed E-state index contributed by atoms with van der Waals surface area (Å²) in [6, 6.07) is 9.62. The zero-order valence-electron chi connectivity index (χ0n) is 11.0. The molecule has 1 aromatic carbocycles. The predicted octanol–water partition coefficient (Wildman–Crippen LogP) is 4.45. The molecule has 1 fully saturated rings. The van der Waals surface area contributed by atoms with Gasteiger partial charge in [-0.2, -0.15) is 0 Å². The van der Waals surface area contributed by atoms with Gasteiger partial charge in [-0.3, -0.25) is 0 Å². The van der Waals surface area contributed by atoms with Crippen molar-refractivity contribution < 1.29 is 0 Å². The van der Waals surface area contributed by atoms with Crippen molar-refractivity contribution in [3.8, 4) is 0 Å². The summed E-state index contributed by atoms with van der Waals surface area (Å²) in [5.41, 5.74) is 2.72. The molecule has 2 heteroatoms. The van der Waals surface area contributed by atoms with Crippen molar-refractivity contribution in [3.63, 3.8) is 0 Å². The number of benzene rings is 1.